The zero-order valence-corrected chi connectivity index (χ0v) is 13.1. The Morgan fingerprint density at radius 1 is 1.59 bits per heavy atom. The Hall–Kier alpha value is -2.11. The summed E-state index contributed by atoms with van der Waals surface area (Å²) in [6.45, 7) is 8.03. The van der Waals surface area contributed by atoms with E-state index in [0.717, 1.165) is 12.8 Å². The smallest absolute Gasteiger partial charge is 0.306 e. The number of hydrogen-bond acceptors (Lipinski definition) is 4. The standard InChI is InChI=1S/C16H23N3O3/c1-4-10(2)8-17-15(20)14-11(3)19(9-18-14)13-6-5-12(7-13)16(21)22/h8-10,12-13,20H,3-7H2,1-2H3,(H,21,22)/b15-14-,17-8-/t10?,12-,13-/m1/s1. The maximum Gasteiger partial charge on any atom is 0.306 e. The minimum absolute atomic E-state index is 0.0706. The fraction of sp³-hybridized carbons (Fsp3) is 0.562. The van der Waals surface area contributed by atoms with Gasteiger partial charge in [0, 0.05) is 12.3 Å². The molecule has 2 N–H and O–H groups in total. The van der Waals surface area contributed by atoms with Gasteiger partial charge in [0.2, 0.25) is 5.88 Å². The number of aliphatic imine (C=N–C) groups is 1. The van der Waals surface area contributed by atoms with Crippen molar-refractivity contribution in [3.05, 3.63) is 17.0 Å². The van der Waals surface area contributed by atoms with Crippen LogP contribution >= 0.6 is 0 Å². The van der Waals surface area contributed by atoms with Crippen LogP contribution in [0.15, 0.2) is 11.3 Å². The lowest BCUT2D eigenvalue weighted by molar-refractivity contribution is -0.141. The van der Waals surface area contributed by atoms with Gasteiger partial charge in [0.25, 0.3) is 0 Å². The van der Waals surface area contributed by atoms with Crippen LogP contribution in [-0.2, 0) is 4.79 Å². The molecule has 0 aliphatic heterocycles. The van der Waals surface area contributed by atoms with Crippen LogP contribution in [0, 0.1) is 11.8 Å². The molecule has 1 fully saturated rings. The summed E-state index contributed by atoms with van der Waals surface area (Å²) >= 11 is 0. The quantitative estimate of drug-likeness (QED) is 0.806. The van der Waals surface area contributed by atoms with E-state index in [0.29, 0.717) is 23.5 Å². The second kappa shape index (κ2) is 6.77. The number of carboxylic acids is 1. The fourth-order valence-corrected chi connectivity index (χ4v) is 2.69. The Bertz CT molecular complexity index is 677. The van der Waals surface area contributed by atoms with Crippen LogP contribution in [-0.4, -0.2) is 31.9 Å². The summed E-state index contributed by atoms with van der Waals surface area (Å²) in [4.78, 5) is 19.3. The number of carboxylic acid groups (broad SMARTS) is 1. The minimum Gasteiger partial charge on any atom is -0.492 e. The van der Waals surface area contributed by atoms with E-state index in [1.54, 1.807) is 12.5 Å². The zero-order valence-electron chi connectivity index (χ0n) is 13.1. The number of rotatable bonds is 5. The molecule has 3 atom stereocenters. The molecule has 22 heavy (non-hydrogen) atoms. The van der Waals surface area contributed by atoms with Gasteiger partial charge in [-0.15, -0.1) is 0 Å². The number of aliphatic hydroxyl groups excluding tert-OH is 1. The van der Waals surface area contributed by atoms with Gasteiger partial charge in [0.15, 0.2) is 0 Å². The van der Waals surface area contributed by atoms with Gasteiger partial charge in [-0.3, -0.25) is 4.79 Å². The first-order valence-electron chi connectivity index (χ1n) is 7.66. The highest BCUT2D eigenvalue weighted by Gasteiger charge is 2.30. The van der Waals surface area contributed by atoms with Gasteiger partial charge in [0.1, 0.15) is 5.35 Å². The second-order valence-electron chi connectivity index (χ2n) is 5.94. The summed E-state index contributed by atoms with van der Waals surface area (Å²) in [7, 11) is 0. The van der Waals surface area contributed by atoms with Crippen LogP contribution in [0.5, 0.6) is 0 Å². The predicted octanol–water partition coefficient (Wildman–Crippen LogP) is 1.46. The van der Waals surface area contributed by atoms with Crippen molar-refractivity contribution in [1.82, 2.24) is 9.55 Å². The number of hydrogen-bond donors (Lipinski definition) is 2. The molecule has 1 aliphatic rings. The molecular weight excluding hydrogens is 282 g/mol. The molecule has 6 heteroatoms. The van der Waals surface area contributed by atoms with E-state index in [-0.39, 0.29) is 23.8 Å². The van der Waals surface area contributed by atoms with Gasteiger partial charge >= 0.3 is 5.97 Å². The average molecular weight is 305 g/mol. The van der Waals surface area contributed by atoms with Crippen LogP contribution in [0.4, 0.5) is 0 Å². The van der Waals surface area contributed by atoms with Crippen molar-refractivity contribution in [1.29, 1.82) is 0 Å². The van der Waals surface area contributed by atoms with Crippen LogP contribution in [0.3, 0.4) is 0 Å². The third-order valence-electron chi connectivity index (χ3n) is 4.35. The SMILES string of the molecule is C=c1/c(=C(O)\N=C/C(C)CC)ncn1[C@@H]1CC[C@@H](C(=O)O)C1. The lowest BCUT2D eigenvalue weighted by atomic mass is 10.1. The number of nitrogens with zero attached hydrogens (tertiary/aromatic N) is 3. The van der Waals surface area contributed by atoms with Crippen molar-refractivity contribution < 1.29 is 15.0 Å². The van der Waals surface area contributed by atoms with E-state index < -0.39 is 5.97 Å². The molecule has 0 aromatic carbocycles. The third-order valence-corrected chi connectivity index (χ3v) is 4.35. The summed E-state index contributed by atoms with van der Waals surface area (Å²) in [5.41, 5.74) is 0. The van der Waals surface area contributed by atoms with Gasteiger partial charge in [-0.25, -0.2) is 9.98 Å². The normalized spacial score (nSPS) is 24.6. The fourth-order valence-electron chi connectivity index (χ4n) is 2.69. The van der Waals surface area contributed by atoms with Gasteiger partial charge in [-0.1, -0.05) is 20.4 Å². The molecule has 0 saturated heterocycles. The van der Waals surface area contributed by atoms with Crippen molar-refractivity contribution in [3.8, 4) is 0 Å². The summed E-state index contributed by atoms with van der Waals surface area (Å²) in [5.74, 6) is -0.919. The Morgan fingerprint density at radius 3 is 2.91 bits per heavy atom. The van der Waals surface area contributed by atoms with Gasteiger partial charge in [-0.05, 0) is 31.6 Å². The summed E-state index contributed by atoms with van der Waals surface area (Å²) in [6, 6.07) is 0.0706. The maximum atomic E-state index is 11.1. The maximum absolute atomic E-state index is 11.1. The molecular formula is C16H23N3O3. The molecule has 1 aromatic heterocycles. The van der Waals surface area contributed by atoms with Crippen LogP contribution in [0.2, 0.25) is 0 Å². The molecule has 0 amide bonds. The van der Waals surface area contributed by atoms with Crippen LogP contribution in [0.1, 0.15) is 45.6 Å². The van der Waals surface area contributed by atoms with Crippen molar-refractivity contribution in [3.63, 3.8) is 0 Å². The van der Waals surface area contributed by atoms with Crippen molar-refractivity contribution in [2.45, 2.75) is 45.6 Å². The number of imidazole rings is 1. The number of aliphatic hydroxyl groups is 1. The Morgan fingerprint density at radius 2 is 2.32 bits per heavy atom. The molecule has 1 saturated carbocycles. The van der Waals surface area contributed by atoms with E-state index in [1.807, 2.05) is 18.4 Å². The predicted molar refractivity (Wildman–Crippen MR) is 85.0 cm³/mol. The largest absolute Gasteiger partial charge is 0.492 e. The van der Waals surface area contributed by atoms with Crippen molar-refractivity contribution in [2.75, 3.05) is 0 Å². The first-order chi connectivity index (χ1) is 10.4. The van der Waals surface area contributed by atoms with Gasteiger partial charge < -0.3 is 14.8 Å². The topological polar surface area (TPSA) is 87.7 Å². The molecule has 2 rings (SSSR count). The summed E-state index contributed by atoms with van der Waals surface area (Å²) < 4.78 is 1.85. The summed E-state index contributed by atoms with van der Waals surface area (Å²) in [6.07, 6.45) is 6.28. The Labute approximate surface area is 129 Å². The van der Waals surface area contributed by atoms with Gasteiger partial charge in [-0.2, -0.15) is 0 Å². The minimum atomic E-state index is -0.749. The molecule has 0 bridgehead atoms. The summed E-state index contributed by atoms with van der Waals surface area (Å²) in [5, 5.41) is 20.1. The molecule has 0 spiro atoms. The Balaban J connectivity index is 2.25. The molecule has 1 aromatic rings. The number of aliphatic carboxylic acids is 1. The van der Waals surface area contributed by atoms with E-state index in [9.17, 15) is 9.90 Å². The molecule has 1 aliphatic carbocycles. The van der Waals surface area contributed by atoms with E-state index in [2.05, 4.69) is 16.6 Å². The van der Waals surface area contributed by atoms with Crippen LogP contribution < -0.4 is 10.7 Å². The van der Waals surface area contributed by atoms with E-state index in [4.69, 9.17) is 5.11 Å². The highest BCUT2D eigenvalue weighted by molar-refractivity contribution is 5.70. The van der Waals surface area contributed by atoms with Crippen molar-refractivity contribution in [2.24, 2.45) is 16.8 Å². The lowest BCUT2D eigenvalue weighted by Crippen LogP contribution is -2.32. The number of carbonyl (C=O) groups is 1. The first-order valence-corrected chi connectivity index (χ1v) is 7.66. The molecule has 120 valence electrons. The molecule has 6 nitrogen and oxygen atoms in total. The highest BCUT2D eigenvalue weighted by Crippen LogP contribution is 2.33. The van der Waals surface area contributed by atoms with E-state index in [1.165, 1.54) is 0 Å². The first kappa shape index (κ1) is 16.3. The van der Waals surface area contributed by atoms with Crippen molar-refractivity contribution >= 4 is 24.6 Å². The molecule has 1 unspecified atom stereocenters. The highest BCUT2D eigenvalue weighted by atomic mass is 16.4. The number of aromatic nitrogens is 2. The second-order valence-corrected chi connectivity index (χ2v) is 5.94. The molecule has 1 heterocycles. The molecule has 0 radical (unpaired) electrons. The Kier molecular flexibility index (Phi) is 5.00. The average Bonchev–Trinajstić information content (AvgIpc) is 3.10. The van der Waals surface area contributed by atoms with Gasteiger partial charge in [0.05, 0.1) is 17.6 Å². The van der Waals surface area contributed by atoms with E-state index >= 15 is 0 Å². The third kappa shape index (κ3) is 3.37. The lowest BCUT2D eigenvalue weighted by Gasteiger charge is -2.11. The van der Waals surface area contributed by atoms with Crippen LogP contribution in [0.25, 0.3) is 12.5 Å². The monoisotopic (exact) mass is 305 g/mol. The zero-order chi connectivity index (χ0) is 16.3.